The van der Waals surface area contributed by atoms with Crippen LogP contribution >= 0.6 is 11.3 Å². The van der Waals surface area contributed by atoms with Crippen molar-refractivity contribution in [1.82, 2.24) is 4.98 Å². The molecule has 3 rings (SSSR count). The van der Waals surface area contributed by atoms with E-state index in [1.165, 1.54) is 11.3 Å². The molecular weight excluding hydrogens is 294 g/mol. The molecular formula is C17H15N3OS. The van der Waals surface area contributed by atoms with Crippen molar-refractivity contribution in [3.05, 3.63) is 65.5 Å². The fourth-order valence-corrected chi connectivity index (χ4v) is 2.59. The molecule has 22 heavy (non-hydrogen) atoms. The van der Waals surface area contributed by atoms with E-state index in [0.717, 1.165) is 27.7 Å². The second kappa shape index (κ2) is 6.87. The van der Waals surface area contributed by atoms with E-state index in [2.05, 4.69) is 15.5 Å². The summed E-state index contributed by atoms with van der Waals surface area (Å²) in [6.45, 7) is 0. The summed E-state index contributed by atoms with van der Waals surface area (Å²) in [5, 5.41) is 6.96. The van der Waals surface area contributed by atoms with E-state index in [9.17, 15) is 0 Å². The lowest BCUT2D eigenvalue weighted by Gasteiger charge is -2.00. The highest BCUT2D eigenvalue weighted by Gasteiger charge is 2.04. The number of nitrogens with one attached hydrogen (secondary N) is 1. The van der Waals surface area contributed by atoms with Gasteiger partial charge in [0.1, 0.15) is 5.75 Å². The molecule has 1 heterocycles. The number of hydrogen-bond donors (Lipinski definition) is 1. The van der Waals surface area contributed by atoms with Crippen molar-refractivity contribution in [3.8, 4) is 17.0 Å². The number of ether oxygens (including phenoxy) is 1. The topological polar surface area (TPSA) is 46.5 Å². The number of nitrogens with zero attached hydrogens (tertiary/aromatic N) is 2. The van der Waals surface area contributed by atoms with Gasteiger partial charge in [0.05, 0.1) is 19.0 Å². The predicted molar refractivity (Wildman–Crippen MR) is 91.8 cm³/mol. The van der Waals surface area contributed by atoms with Crippen molar-refractivity contribution >= 4 is 22.7 Å². The quantitative estimate of drug-likeness (QED) is 0.565. The molecule has 2 aromatic carbocycles. The summed E-state index contributed by atoms with van der Waals surface area (Å²) in [4.78, 5) is 4.52. The van der Waals surface area contributed by atoms with Gasteiger partial charge in [-0.3, -0.25) is 5.43 Å². The molecule has 0 aliphatic rings. The highest BCUT2D eigenvalue weighted by molar-refractivity contribution is 7.14. The molecule has 0 spiro atoms. The molecule has 0 unspecified atom stereocenters. The number of aromatic nitrogens is 1. The van der Waals surface area contributed by atoms with Gasteiger partial charge in [0.2, 0.25) is 5.13 Å². The molecule has 0 aliphatic heterocycles. The standard InChI is InChI=1S/C17H15N3OS/c1-21-15-9-7-14(8-10-15)16-12-22-17(19-16)20-18-11-13-5-3-2-4-6-13/h2-12H,1H3,(H,19,20)/b18-11-. The van der Waals surface area contributed by atoms with Crippen LogP contribution in [-0.2, 0) is 0 Å². The fourth-order valence-electron chi connectivity index (χ4n) is 1.92. The van der Waals surface area contributed by atoms with E-state index in [4.69, 9.17) is 4.74 Å². The Kier molecular flexibility index (Phi) is 4.46. The molecule has 0 bridgehead atoms. The lowest BCUT2D eigenvalue weighted by atomic mass is 10.2. The van der Waals surface area contributed by atoms with Crippen LogP contribution in [0.5, 0.6) is 5.75 Å². The third kappa shape index (κ3) is 3.51. The summed E-state index contributed by atoms with van der Waals surface area (Å²) < 4.78 is 5.16. The van der Waals surface area contributed by atoms with E-state index in [1.807, 2.05) is 60.0 Å². The third-order valence-electron chi connectivity index (χ3n) is 3.06. The normalized spacial score (nSPS) is 10.8. The van der Waals surface area contributed by atoms with Crippen molar-refractivity contribution in [2.75, 3.05) is 12.5 Å². The summed E-state index contributed by atoms with van der Waals surface area (Å²) >= 11 is 1.52. The van der Waals surface area contributed by atoms with E-state index in [0.29, 0.717) is 0 Å². The molecule has 0 aliphatic carbocycles. The van der Waals surface area contributed by atoms with E-state index in [-0.39, 0.29) is 0 Å². The highest BCUT2D eigenvalue weighted by Crippen LogP contribution is 2.26. The van der Waals surface area contributed by atoms with Gasteiger partial charge in [0.15, 0.2) is 0 Å². The van der Waals surface area contributed by atoms with Crippen molar-refractivity contribution in [1.29, 1.82) is 0 Å². The van der Waals surface area contributed by atoms with Crippen molar-refractivity contribution in [3.63, 3.8) is 0 Å². The van der Waals surface area contributed by atoms with Crippen molar-refractivity contribution in [2.24, 2.45) is 5.10 Å². The Balaban J connectivity index is 1.67. The lowest BCUT2D eigenvalue weighted by Crippen LogP contribution is -1.90. The van der Waals surface area contributed by atoms with Crippen LogP contribution in [0.2, 0.25) is 0 Å². The first kappa shape index (κ1) is 14.3. The molecule has 5 heteroatoms. The molecule has 4 nitrogen and oxygen atoms in total. The average Bonchev–Trinajstić information content (AvgIpc) is 3.05. The van der Waals surface area contributed by atoms with Gasteiger partial charge in [-0.2, -0.15) is 5.10 Å². The summed E-state index contributed by atoms with van der Waals surface area (Å²) in [6.07, 6.45) is 1.77. The number of anilines is 1. The second-order valence-electron chi connectivity index (χ2n) is 4.55. The fraction of sp³-hybridized carbons (Fsp3) is 0.0588. The summed E-state index contributed by atoms with van der Waals surface area (Å²) in [5.74, 6) is 0.838. The van der Waals surface area contributed by atoms with Crippen LogP contribution < -0.4 is 10.2 Å². The van der Waals surface area contributed by atoms with Gasteiger partial charge in [-0.05, 0) is 29.8 Å². The lowest BCUT2D eigenvalue weighted by molar-refractivity contribution is 0.415. The first-order valence-electron chi connectivity index (χ1n) is 6.79. The Hall–Kier alpha value is -2.66. The molecule has 110 valence electrons. The zero-order chi connectivity index (χ0) is 15.2. The average molecular weight is 309 g/mol. The number of rotatable bonds is 5. The molecule has 0 atom stereocenters. The van der Waals surface area contributed by atoms with Crippen LogP contribution in [0.25, 0.3) is 11.3 Å². The van der Waals surface area contributed by atoms with E-state index < -0.39 is 0 Å². The van der Waals surface area contributed by atoms with E-state index >= 15 is 0 Å². The Morgan fingerprint density at radius 1 is 1.09 bits per heavy atom. The Morgan fingerprint density at radius 2 is 1.86 bits per heavy atom. The smallest absolute Gasteiger partial charge is 0.203 e. The zero-order valence-corrected chi connectivity index (χ0v) is 12.9. The van der Waals surface area contributed by atoms with Gasteiger partial charge in [-0.1, -0.05) is 30.3 Å². The van der Waals surface area contributed by atoms with Gasteiger partial charge in [-0.15, -0.1) is 11.3 Å². The summed E-state index contributed by atoms with van der Waals surface area (Å²) in [5.41, 5.74) is 5.98. The molecule has 0 fully saturated rings. The predicted octanol–water partition coefficient (Wildman–Crippen LogP) is 4.26. The minimum Gasteiger partial charge on any atom is -0.497 e. The maximum Gasteiger partial charge on any atom is 0.203 e. The molecule has 1 N–H and O–H groups in total. The number of hydrogen-bond acceptors (Lipinski definition) is 5. The third-order valence-corrected chi connectivity index (χ3v) is 3.81. The Labute approximate surface area is 133 Å². The van der Waals surface area contributed by atoms with Gasteiger partial charge < -0.3 is 4.74 Å². The number of hydrazone groups is 1. The van der Waals surface area contributed by atoms with Crippen LogP contribution in [0.1, 0.15) is 5.56 Å². The number of methoxy groups -OCH3 is 1. The van der Waals surface area contributed by atoms with Crippen LogP contribution in [0.4, 0.5) is 5.13 Å². The Morgan fingerprint density at radius 3 is 2.59 bits per heavy atom. The first-order valence-corrected chi connectivity index (χ1v) is 7.67. The highest BCUT2D eigenvalue weighted by atomic mass is 32.1. The molecule has 3 aromatic rings. The largest absolute Gasteiger partial charge is 0.497 e. The monoisotopic (exact) mass is 309 g/mol. The maximum absolute atomic E-state index is 5.16. The number of thiazole rings is 1. The van der Waals surface area contributed by atoms with Gasteiger partial charge in [0, 0.05) is 10.9 Å². The zero-order valence-electron chi connectivity index (χ0n) is 12.1. The SMILES string of the molecule is COc1ccc(-c2csc(N/N=C\c3ccccc3)n2)cc1. The first-order chi connectivity index (χ1) is 10.8. The summed E-state index contributed by atoms with van der Waals surface area (Å²) in [6, 6.07) is 17.8. The van der Waals surface area contributed by atoms with Crippen LogP contribution in [0.3, 0.4) is 0 Å². The van der Waals surface area contributed by atoms with Crippen molar-refractivity contribution in [2.45, 2.75) is 0 Å². The minimum atomic E-state index is 0.762. The molecule has 0 radical (unpaired) electrons. The van der Waals surface area contributed by atoms with Crippen LogP contribution in [-0.4, -0.2) is 18.3 Å². The molecule has 1 aromatic heterocycles. The minimum absolute atomic E-state index is 0.762. The maximum atomic E-state index is 5.16. The van der Waals surface area contributed by atoms with Gasteiger partial charge >= 0.3 is 0 Å². The van der Waals surface area contributed by atoms with Crippen LogP contribution in [0, 0.1) is 0 Å². The second-order valence-corrected chi connectivity index (χ2v) is 5.41. The van der Waals surface area contributed by atoms with Crippen LogP contribution in [0.15, 0.2) is 65.1 Å². The van der Waals surface area contributed by atoms with Gasteiger partial charge in [0.25, 0.3) is 0 Å². The molecule has 0 saturated carbocycles. The van der Waals surface area contributed by atoms with E-state index in [1.54, 1.807) is 13.3 Å². The number of benzene rings is 2. The van der Waals surface area contributed by atoms with Crippen molar-refractivity contribution < 1.29 is 4.74 Å². The molecule has 0 saturated heterocycles. The summed E-state index contributed by atoms with van der Waals surface area (Å²) in [7, 11) is 1.66. The Bertz CT molecular complexity index is 751. The van der Waals surface area contributed by atoms with Gasteiger partial charge in [-0.25, -0.2) is 4.98 Å². The molecule has 0 amide bonds.